The Hall–Kier alpha value is -0.0800. The van der Waals surface area contributed by atoms with Gasteiger partial charge in [-0.05, 0) is 42.1 Å². The zero-order valence-electron chi connectivity index (χ0n) is 11.7. The van der Waals surface area contributed by atoms with E-state index in [-0.39, 0.29) is 0 Å². The molecule has 0 bridgehead atoms. The molecule has 1 aromatic heterocycles. The normalized spacial score (nSPS) is 20.1. The summed E-state index contributed by atoms with van der Waals surface area (Å²) in [5.74, 6) is 1.15. The van der Waals surface area contributed by atoms with Gasteiger partial charge in [-0.3, -0.25) is 0 Å². The largest absolute Gasteiger partial charge is 0.313 e. The average Bonchev–Trinajstić information content (AvgIpc) is 2.94. The van der Waals surface area contributed by atoms with Crippen LogP contribution in [-0.2, 0) is 16.6 Å². The van der Waals surface area contributed by atoms with E-state index in [0.717, 1.165) is 30.8 Å². The molecule has 2 N–H and O–H groups in total. The number of sulfonamides is 1. The predicted molar refractivity (Wildman–Crippen MR) is 87.0 cm³/mol. The van der Waals surface area contributed by atoms with Crippen molar-refractivity contribution in [2.24, 2.45) is 0 Å². The highest BCUT2D eigenvalue weighted by molar-refractivity contribution is 8.00. The fourth-order valence-electron chi connectivity index (χ4n) is 2.10. The van der Waals surface area contributed by atoms with E-state index in [1.54, 1.807) is 6.07 Å². The number of rotatable bonds is 7. The van der Waals surface area contributed by atoms with Gasteiger partial charge in [0, 0.05) is 18.3 Å². The maximum atomic E-state index is 12.2. The Balaban J connectivity index is 1.90. The molecule has 1 saturated heterocycles. The third-order valence-corrected chi connectivity index (χ3v) is 7.56. The van der Waals surface area contributed by atoms with Crippen LogP contribution < -0.4 is 10.0 Å². The quantitative estimate of drug-likeness (QED) is 0.804. The number of nitrogens with one attached hydrogen (secondary N) is 2. The van der Waals surface area contributed by atoms with Gasteiger partial charge in [-0.1, -0.05) is 13.3 Å². The van der Waals surface area contributed by atoms with Gasteiger partial charge in [-0.15, -0.1) is 11.3 Å². The summed E-state index contributed by atoms with van der Waals surface area (Å²) < 4.78 is 27.6. The Labute approximate surface area is 129 Å². The first-order chi connectivity index (χ1) is 9.62. The van der Waals surface area contributed by atoms with Gasteiger partial charge in [-0.2, -0.15) is 11.8 Å². The molecule has 0 amide bonds. The van der Waals surface area contributed by atoms with Crippen molar-refractivity contribution < 1.29 is 8.42 Å². The first kappa shape index (κ1) is 16.3. The minimum atomic E-state index is -3.34. The lowest BCUT2D eigenvalue weighted by molar-refractivity contribution is 0.575. The molecule has 1 aromatic rings. The minimum absolute atomic E-state index is 0.422. The lowest BCUT2D eigenvalue weighted by atomic mass is 10.2. The van der Waals surface area contributed by atoms with E-state index < -0.39 is 10.0 Å². The summed E-state index contributed by atoms with van der Waals surface area (Å²) in [6.07, 6.45) is 3.58. The Bertz CT molecular complexity index is 507. The zero-order valence-corrected chi connectivity index (χ0v) is 14.2. The number of thioether (sulfide) groups is 1. The highest BCUT2D eigenvalue weighted by atomic mass is 32.2. The van der Waals surface area contributed by atoms with Crippen LogP contribution in [0, 0.1) is 0 Å². The summed E-state index contributed by atoms with van der Waals surface area (Å²) in [4.78, 5) is 0. The molecule has 4 nitrogen and oxygen atoms in total. The van der Waals surface area contributed by atoms with Gasteiger partial charge in [0.25, 0.3) is 0 Å². The molecule has 2 rings (SSSR count). The van der Waals surface area contributed by atoms with Crippen LogP contribution in [0.5, 0.6) is 0 Å². The summed E-state index contributed by atoms with van der Waals surface area (Å²) in [6, 6.07) is 1.77. The van der Waals surface area contributed by atoms with Gasteiger partial charge in [0.1, 0.15) is 4.21 Å². The van der Waals surface area contributed by atoms with Crippen LogP contribution in [-0.4, -0.2) is 32.5 Å². The molecule has 114 valence electrons. The van der Waals surface area contributed by atoms with Crippen molar-refractivity contribution in [3.8, 4) is 0 Å². The van der Waals surface area contributed by atoms with Crippen LogP contribution in [0.1, 0.15) is 31.7 Å². The molecule has 20 heavy (non-hydrogen) atoms. The van der Waals surface area contributed by atoms with Crippen LogP contribution in [0.15, 0.2) is 15.7 Å². The summed E-state index contributed by atoms with van der Waals surface area (Å²) in [7, 11) is -3.34. The van der Waals surface area contributed by atoms with Crippen molar-refractivity contribution in [1.29, 1.82) is 0 Å². The van der Waals surface area contributed by atoms with E-state index in [0.29, 0.717) is 16.0 Å². The van der Waals surface area contributed by atoms with Gasteiger partial charge in [-0.25, -0.2) is 13.1 Å². The van der Waals surface area contributed by atoms with Crippen molar-refractivity contribution in [3.05, 3.63) is 17.0 Å². The molecule has 7 heteroatoms. The SMILES string of the molecule is CCNCc1csc(S(=O)(=O)NCC2CCCCS2)c1. The molecule has 1 aliphatic heterocycles. The van der Waals surface area contributed by atoms with Gasteiger partial charge in [0.15, 0.2) is 0 Å². The third kappa shape index (κ3) is 4.73. The third-order valence-electron chi connectivity index (χ3n) is 3.25. The fourth-order valence-corrected chi connectivity index (χ4v) is 5.78. The summed E-state index contributed by atoms with van der Waals surface area (Å²) in [5.41, 5.74) is 1.03. The van der Waals surface area contributed by atoms with Crippen LogP contribution >= 0.6 is 23.1 Å². The van der Waals surface area contributed by atoms with E-state index in [9.17, 15) is 8.42 Å². The standard InChI is InChI=1S/C13H22N2O2S3/c1-2-14-8-11-7-13(19-10-11)20(16,17)15-9-12-5-3-4-6-18-12/h7,10,12,14-15H,2-6,8-9H2,1H3. The van der Waals surface area contributed by atoms with E-state index >= 15 is 0 Å². The van der Waals surface area contributed by atoms with Crippen molar-refractivity contribution in [3.63, 3.8) is 0 Å². The average molecular weight is 335 g/mol. The Morgan fingerprint density at radius 1 is 1.40 bits per heavy atom. The highest BCUT2D eigenvalue weighted by Crippen LogP contribution is 2.25. The Kier molecular flexibility index (Phi) is 6.35. The van der Waals surface area contributed by atoms with Gasteiger partial charge >= 0.3 is 0 Å². The number of hydrogen-bond donors (Lipinski definition) is 2. The molecule has 1 fully saturated rings. The smallest absolute Gasteiger partial charge is 0.250 e. The molecule has 0 aliphatic carbocycles. The molecular formula is C13H22N2O2S3. The molecule has 1 atom stereocenters. The summed E-state index contributed by atoms with van der Waals surface area (Å²) in [5, 5.41) is 5.54. The maximum absolute atomic E-state index is 12.2. The van der Waals surface area contributed by atoms with Crippen LogP contribution in [0.25, 0.3) is 0 Å². The lowest BCUT2D eigenvalue weighted by Crippen LogP contribution is -2.31. The topological polar surface area (TPSA) is 58.2 Å². The predicted octanol–water partition coefficient (Wildman–Crippen LogP) is 2.42. The van der Waals surface area contributed by atoms with Crippen molar-refractivity contribution in [2.45, 2.75) is 42.2 Å². The first-order valence-electron chi connectivity index (χ1n) is 7.01. The highest BCUT2D eigenvalue weighted by Gasteiger charge is 2.20. The number of thiophene rings is 1. The molecule has 0 spiro atoms. The van der Waals surface area contributed by atoms with Crippen LogP contribution in [0.2, 0.25) is 0 Å². The maximum Gasteiger partial charge on any atom is 0.250 e. The van der Waals surface area contributed by atoms with Crippen LogP contribution in [0.4, 0.5) is 0 Å². The van der Waals surface area contributed by atoms with E-state index in [1.807, 2.05) is 24.1 Å². The molecule has 0 radical (unpaired) electrons. The second kappa shape index (κ2) is 7.79. The molecule has 1 unspecified atom stereocenters. The van der Waals surface area contributed by atoms with Gasteiger partial charge < -0.3 is 5.32 Å². The fraction of sp³-hybridized carbons (Fsp3) is 0.692. The van der Waals surface area contributed by atoms with E-state index in [4.69, 9.17) is 0 Å². The van der Waals surface area contributed by atoms with Crippen LogP contribution in [0.3, 0.4) is 0 Å². The van der Waals surface area contributed by atoms with Crippen molar-refractivity contribution in [1.82, 2.24) is 10.0 Å². The van der Waals surface area contributed by atoms with E-state index in [1.165, 1.54) is 24.2 Å². The lowest BCUT2D eigenvalue weighted by Gasteiger charge is -2.21. The second-order valence-corrected chi connectivity index (χ2v) is 9.21. The monoisotopic (exact) mass is 334 g/mol. The zero-order chi connectivity index (χ0) is 14.4. The van der Waals surface area contributed by atoms with Crippen molar-refractivity contribution in [2.75, 3.05) is 18.8 Å². The minimum Gasteiger partial charge on any atom is -0.313 e. The van der Waals surface area contributed by atoms with E-state index in [2.05, 4.69) is 10.0 Å². The second-order valence-electron chi connectivity index (χ2n) is 4.89. The summed E-state index contributed by atoms with van der Waals surface area (Å²) >= 11 is 3.18. The summed E-state index contributed by atoms with van der Waals surface area (Å²) in [6.45, 7) is 4.19. The molecule has 0 aromatic carbocycles. The Morgan fingerprint density at radius 2 is 2.25 bits per heavy atom. The number of hydrogen-bond acceptors (Lipinski definition) is 5. The molecule has 1 aliphatic rings. The van der Waals surface area contributed by atoms with Gasteiger partial charge in [0.2, 0.25) is 10.0 Å². The Morgan fingerprint density at radius 3 is 2.95 bits per heavy atom. The molecular weight excluding hydrogens is 312 g/mol. The van der Waals surface area contributed by atoms with Crippen molar-refractivity contribution >= 4 is 33.1 Å². The van der Waals surface area contributed by atoms with Gasteiger partial charge in [0.05, 0.1) is 0 Å². The molecule has 2 heterocycles. The molecule has 0 saturated carbocycles. The first-order valence-corrected chi connectivity index (χ1v) is 10.4.